The first-order valence-corrected chi connectivity index (χ1v) is 8.98. The maximum Gasteiger partial charge on any atom is 0.337 e. The Morgan fingerprint density at radius 2 is 1.54 bits per heavy atom. The Balaban J connectivity index is 2.08. The molecule has 0 aliphatic rings. The maximum atomic E-state index is 12.4. The fourth-order valence-corrected chi connectivity index (χ4v) is 2.68. The summed E-state index contributed by atoms with van der Waals surface area (Å²) in [5.41, 5.74) is 2.74. The summed E-state index contributed by atoms with van der Waals surface area (Å²) in [4.78, 5) is 37.3. The van der Waals surface area contributed by atoms with Crippen LogP contribution in [0.1, 0.15) is 43.6 Å². The first kappa shape index (κ1) is 21.2. The van der Waals surface area contributed by atoms with Crippen molar-refractivity contribution in [1.29, 1.82) is 0 Å². The van der Waals surface area contributed by atoms with E-state index in [1.54, 1.807) is 24.3 Å². The Hall–Kier alpha value is -3.15. The van der Waals surface area contributed by atoms with Crippen LogP contribution in [0.2, 0.25) is 0 Å². The largest absolute Gasteiger partial charge is 0.465 e. The van der Waals surface area contributed by atoms with E-state index < -0.39 is 5.97 Å². The molecule has 6 heteroatoms. The minimum Gasteiger partial charge on any atom is -0.465 e. The number of anilines is 2. The minimum absolute atomic E-state index is 0.00726. The number of ether oxygens (including phenoxy) is 1. The summed E-state index contributed by atoms with van der Waals surface area (Å²) in [6.45, 7) is 7.66. The standard InChI is InChI=1S/C22H26N2O4/c1-15(25)24(19-12-8-17(9-13-19)22(2,3)4)14-20(26)23-18-10-6-16(7-11-18)21(27)28-5/h6-13H,14H2,1-5H3,(H,23,26). The first-order valence-electron chi connectivity index (χ1n) is 8.98. The Morgan fingerprint density at radius 1 is 0.964 bits per heavy atom. The molecule has 2 aromatic carbocycles. The molecule has 0 heterocycles. The van der Waals surface area contributed by atoms with Gasteiger partial charge in [-0.05, 0) is 47.4 Å². The highest BCUT2D eigenvalue weighted by atomic mass is 16.5. The summed E-state index contributed by atoms with van der Waals surface area (Å²) < 4.78 is 4.64. The van der Waals surface area contributed by atoms with Crippen LogP contribution in [0.25, 0.3) is 0 Å². The zero-order valence-electron chi connectivity index (χ0n) is 16.9. The number of hydrogen-bond donors (Lipinski definition) is 1. The number of carbonyl (C=O) groups is 3. The van der Waals surface area contributed by atoms with E-state index in [9.17, 15) is 14.4 Å². The van der Waals surface area contributed by atoms with Crippen molar-refractivity contribution in [2.45, 2.75) is 33.1 Å². The lowest BCUT2D eigenvalue weighted by molar-refractivity contribution is -0.120. The molecule has 0 atom stereocenters. The second-order valence-electron chi connectivity index (χ2n) is 7.52. The van der Waals surface area contributed by atoms with Crippen molar-refractivity contribution < 1.29 is 19.1 Å². The average Bonchev–Trinajstić information content (AvgIpc) is 2.65. The van der Waals surface area contributed by atoms with Gasteiger partial charge in [-0.15, -0.1) is 0 Å². The molecule has 28 heavy (non-hydrogen) atoms. The van der Waals surface area contributed by atoms with Crippen LogP contribution in [-0.4, -0.2) is 31.4 Å². The van der Waals surface area contributed by atoms with Crippen LogP contribution in [0.15, 0.2) is 48.5 Å². The van der Waals surface area contributed by atoms with E-state index in [4.69, 9.17) is 0 Å². The molecular formula is C22H26N2O4. The molecule has 0 unspecified atom stereocenters. The quantitative estimate of drug-likeness (QED) is 0.799. The van der Waals surface area contributed by atoms with Gasteiger partial charge in [-0.25, -0.2) is 4.79 Å². The predicted octanol–water partition coefficient (Wildman–Crippen LogP) is 3.76. The highest BCUT2D eigenvalue weighted by Crippen LogP contribution is 2.25. The summed E-state index contributed by atoms with van der Waals surface area (Å²) in [7, 11) is 1.31. The fraction of sp³-hybridized carbons (Fsp3) is 0.318. The van der Waals surface area contributed by atoms with Crippen molar-refractivity contribution >= 4 is 29.2 Å². The third kappa shape index (κ3) is 5.42. The fourth-order valence-electron chi connectivity index (χ4n) is 2.68. The topological polar surface area (TPSA) is 75.7 Å². The number of amides is 2. The summed E-state index contributed by atoms with van der Waals surface area (Å²) in [5.74, 6) is -1.00. The normalized spacial score (nSPS) is 10.9. The van der Waals surface area contributed by atoms with Crippen molar-refractivity contribution in [3.63, 3.8) is 0 Å². The van der Waals surface area contributed by atoms with Crippen molar-refractivity contribution in [2.75, 3.05) is 23.9 Å². The third-order valence-corrected chi connectivity index (χ3v) is 4.32. The van der Waals surface area contributed by atoms with E-state index in [0.29, 0.717) is 16.9 Å². The van der Waals surface area contributed by atoms with Gasteiger partial charge in [0.2, 0.25) is 11.8 Å². The van der Waals surface area contributed by atoms with Gasteiger partial charge in [0.1, 0.15) is 6.54 Å². The molecule has 0 aliphatic heterocycles. The lowest BCUT2D eigenvalue weighted by Crippen LogP contribution is -2.36. The zero-order chi connectivity index (χ0) is 20.9. The van der Waals surface area contributed by atoms with Crippen LogP contribution in [-0.2, 0) is 19.7 Å². The Kier molecular flexibility index (Phi) is 6.57. The third-order valence-electron chi connectivity index (χ3n) is 4.32. The maximum absolute atomic E-state index is 12.4. The molecule has 6 nitrogen and oxygen atoms in total. The van der Waals surface area contributed by atoms with E-state index >= 15 is 0 Å². The Labute approximate surface area is 165 Å². The van der Waals surface area contributed by atoms with Crippen LogP contribution in [0, 0.1) is 0 Å². The molecule has 0 fully saturated rings. The van der Waals surface area contributed by atoms with Gasteiger partial charge in [0.15, 0.2) is 0 Å². The molecule has 0 aliphatic carbocycles. The van der Waals surface area contributed by atoms with E-state index in [1.165, 1.54) is 18.9 Å². The highest BCUT2D eigenvalue weighted by molar-refractivity contribution is 6.02. The molecule has 0 saturated carbocycles. The zero-order valence-corrected chi connectivity index (χ0v) is 16.9. The van der Waals surface area contributed by atoms with Crippen molar-refractivity contribution in [1.82, 2.24) is 0 Å². The number of rotatable bonds is 5. The van der Waals surface area contributed by atoms with Crippen LogP contribution >= 0.6 is 0 Å². The van der Waals surface area contributed by atoms with E-state index in [0.717, 1.165) is 5.56 Å². The average molecular weight is 382 g/mol. The molecule has 0 aromatic heterocycles. The van der Waals surface area contributed by atoms with Gasteiger partial charge in [0.25, 0.3) is 0 Å². The summed E-state index contributed by atoms with van der Waals surface area (Å²) in [5, 5.41) is 2.73. The van der Waals surface area contributed by atoms with E-state index in [-0.39, 0.29) is 23.8 Å². The molecule has 0 saturated heterocycles. The molecule has 0 radical (unpaired) electrons. The van der Waals surface area contributed by atoms with Crippen LogP contribution in [0.4, 0.5) is 11.4 Å². The smallest absolute Gasteiger partial charge is 0.337 e. The lowest BCUT2D eigenvalue weighted by Gasteiger charge is -2.23. The molecule has 148 valence electrons. The van der Waals surface area contributed by atoms with E-state index in [1.807, 2.05) is 24.3 Å². The van der Waals surface area contributed by atoms with Gasteiger partial charge in [0, 0.05) is 18.3 Å². The Morgan fingerprint density at radius 3 is 2.00 bits per heavy atom. The van der Waals surface area contributed by atoms with Gasteiger partial charge in [-0.3, -0.25) is 9.59 Å². The van der Waals surface area contributed by atoms with Gasteiger partial charge in [-0.1, -0.05) is 32.9 Å². The van der Waals surface area contributed by atoms with Gasteiger partial charge in [0.05, 0.1) is 12.7 Å². The van der Waals surface area contributed by atoms with Crippen LogP contribution < -0.4 is 10.2 Å². The molecule has 2 aromatic rings. The lowest BCUT2D eigenvalue weighted by atomic mass is 9.87. The Bertz CT molecular complexity index is 850. The van der Waals surface area contributed by atoms with Gasteiger partial charge in [-0.2, -0.15) is 0 Å². The van der Waals surface area contributed by atoms with Crippen molar-refractivity contribution in [2.24, 2.45) is 0 Å². The molecule has 2 rings (SSSR count). The minimum atomic E-state index is -0.445. The number of nitrogens with zero attached hydrogens (tertiary/aromatic N) is 1. The summed E-state index contributed by atoms with van der Waals surface area (Å²) >= 11 is 0. The second-order valence-corrected chi connectivity index (χ2v) is 7.52. The number of nitrogens with one attached hydrogen (secondary N) is 1. The number of benzene rings is 2. The van der Waals surface area contributed by atoms with Crippen LogP contribution in [0.3, 0.4) is 0 Å². The summed E-state index contributed by atoms with van der Waals surface area (Å²) in [6, 6.07) is 14.0. The van der Waals surface area contributed by atoms with Crippen molar-refractivity contribution in [3.05, 3.63) is 59.7 Å². The van der Waals surface area contributed by atoms with Gasteiger partial charge < -0.3 is 15.0 Å². The number of carbonyl (C=O) groups excluding carboxylic acids is 3. The first-order chi connectivity index (χ1) is 13.1. The molecular weight excluding hydrogens is 356 g/mol. The van der Waals surface area contributed by atoms with E-state index in [2.05, 4.69) is 30.8 Å². The summed E-state index contributed by atoms with van der Waals surface area (Å²) in [6.07, 6.45) is 0. The number of hydrogen-bond acceptors (Lipinski definition) is 4. The molecule has 1 N–H and O–H groups in total. The van der Waals surface area contributed by atoms with Gasteiger partial charge >= 0.3 is 5.97 Å². The van der Waals surface area contributed by atoms with Crippen molar-refractivity contribution in [3.8, 4) is 0 Å². The number of methoxy groups -OCH3 is 1. The monoisotopic (exact) mass is 382 g/mol. The predicted molar refractivity (Wildman–Crippen MR) is 110 cm³/mol. The number of esters is 1. The molecule has 0 spiro atoms. The SMILES string of the molecule is COC(=O)c1ccc(NC(=O)CN(C(C)=O)c2ccc(C(C)(C)C)cc2)cc1. The second kappa shape index (κ2) is 8.69. The highest BCUT2D eigenvalue weighted by Gasteiger charge is 2.18. The van der Waals surface area contributed by atoms with Crippen LogP contribution in [0.5, 0.6) is 0 Å². The molecule has 2 amide bonds. The molecule has 0 bridgehead atoms.